The molecule has 1 fully saturated rings. The summed E-state index contributed by atoms with van der Waals surface area (Å²) in [7, 11) is 0. The molecule has 1 saturated heterocycles. The van der Waals surface area contributed by atoms with E-state index in [1.807, 2.05) is 11.0 Å². The van der Waals surface area contributed by atoms with Crippen LogP contribution < -0.4 is 15.6 Å². The van der Waals surface area contributed by atoms with Crippen molar-refractivity contribution in [3.05, 3.63) is 44.8 Å². The number of fused-ring (bicyclic) bond motifs is 3. The first kappa shape index (κ1) is 18.1. The van der Waals surface area contributed by atoms with Crippen molar-refractivity contribution in [2.45, 2.75) is 4.05 Å². The number of pyridine rings is 1. The van der Waals surface area contributed by atoms with Gasteiger partial charge in [-0.15, -0.1) is 11.3 Å². The lowest BCUT2D eigenvalue weighted by atomic mass is 10.1. The van der Waals surface area contributed by atoms with E-state index < -0.39 is 22.8 Å². The van der Waals surface area contributed by atoms with Crippen LogP contribution in [0.25, 0.3) is 15.7 Å². The van der Waals surface area contributed by atoms with Gasteiger partial charge in [0.25, 0.3) is 0 Å². The van der Waals surface area contributed by atoms with Crippen LogP contribution in [0.5, 0.6) is 0 Å². The number of nitriles is 1. The topological polar surface area (TPSA) is 97.8 Å². The molecule has 10 heteroatoms. The minimum atomic E-state index is -1.40. The Bertz CT molecular complexity index is 1200. The quantitative estimate of drug-likeness (QED) is 0.320. The molecular weight excluding hydrogens is 486 g/mol. The molecule has 0 spiro atoms. The summed E-state index contributed by atoms with van der Waals surface area (Å²) < 4.78 is 16.3. The number of thiazole rings is 1. The average Bonchev–Trinajstić information content (AvgIpc) is 3.06. The summed E-state index contributed by atoms with van der Waals surface area (Å²) in [5.41, 5.74) is -0.340. The van der Waals surface area contributed by atoms with Crippen LogP contribution in [0.4, 0.5) is 10.1 Å². The number of halogens is 2. The fourth-order valence-corrected chi connectivity index (χ4v) is 5.18. The van der Waals surface area contributed by atoms with Crippen molar-refractivity contribution >= 4 is 61.3 Å². The number of piperazine rings is 1. The first-order chi connectivity index (χ1) is 12.9. The number of carbonyl (C=O) groups is 1. The minimum absolute atomic E-state index is 0.0201. The standard InChI is InChI=1S/C17H12FIN4O3S/c18-10-3-9-11(4-12(10)22-2-1-21-6-13(22)19)23-8(5-20)7-27-16(23)14(15(9)24)17(25)26/h3-4,7,13,21H,1-2,6H2,(H,25,26). The van der Waals surface area contributed by atoms with E-state index >= 15 is 0 Å². The van der Waals surface area contributed by atoms with Crippen molar-refractivity contribution in [3.8, 4) is 6.07 Å². The van der Waals surface area contributed by atoms with Gasteiger partial charge in [-0.2, -0.15) is 5.26 Å². The number of aromatic nitrogens is 1. The predicted octanol–water partition coefficient (Wildman–Crippen LogP) is 2.39. The van der Waals surface area contributed by atoms with E-state index in [1.165, 1.54) is 15.8 Å². The number of hydrogen-bond acceptors (Lipinski definition) is 6. The Labute approximate surface area is 169 Å². The zero-order valence-electron chi connectivity index (χ0n) is 13.7. The summed E-state index contributed by atoms with van der Waals surface area (Å²) in [5.74, 6) is -1.99. The Kier molecular flexibility index (Phi) is 4.53. The molecule has 1 aliphatic heterocycles. The number of anilines is 1. The van der Waals surface area contributed by atoms with E-state index in [1.54, 1.807) is 0 Å². The summed E-state index contributed by atoms with van der Waals surface area (Å²) in [6.45, 7) is 1.98. The molecule has 1 aromatic carbocycles. The third-order valence-corrected chi connectivity index (χ3v) is 6.60. The van der Waals surface area contributed by atoms with E-state index in [0.717, 1.165) is 17.4 Å². The second-order valence-corrected chi connectivity index (χ2v) is 8.33. The van der Waals surface area contributed by atoms with Crippen LogP contribution in [-0.4, -0.2) is 39.2 Å². The van der Waals surface area contributed by atoms with E-state index in [-0.39, 0.29) is 20.0 Å². The summed E-state index contributed by atoms with van der Waals surface area (Å²) in [6.07, 6.45) is 0. The molecule has 2 N–H and O–H groups in total. The Balaban J connectivity index is 2.12. The molecule has 0 radical (unpaired) electrons. The molecule has 4 rings (SSSR count). The lowest BCUT2D eigenvalue weighted by Gasteiger charge is -2.35. The SMILES string of the molecule is N#Cc1csc2c(C(=O)O)c(=O)c3cc(F)c(N4CCNCC4I)cc3n12. The number of benzene rings is 1. The van der Waals surface area contributed by atoms with Gasteiger partial charge in [0.1, 0.15) is 28.0 Å². The van der Waals surface area contributed by atoms with E-state index in [9.17, 15) is 24.3 Å². The second-order valence-electron chi connectivity index (χ2n) is 6.04. The minimum Gasteiger partial charge on any atom is -0.477 e. The molecule has 7 nitrogen and oxygen atoms in total. The molecule has 138 valence electrons. The summed E-state index contributed by atoms with van der Waals surface area (Å²) >= 11 is 3.22. The van der Waals surface area contributed by atoms with Gasteiger partial charge < -0.3 is 15.3 Å². The van der Waals surface area contributed by atoms with Gasteiger partial charge in [-0.05, 0) is 12.1 Å². The molecule has 1 aliphatic rings. The molecule has 3 aromatic rings. The molecule has 0 aliphatic carbocycles. The molecule has 1 atom stereocenters. The number of rotatable bonds is 2. The van der Waals surface area contributed by atoms with Gasteiger partial charge in [0.2, 0.25) is 5.43 Å². The van der Waals surface area contributed by atoms with Gasteiger partial charge in [0.15, 0.2) is 0 Å². The monoisotopic (exact) mass is 498 g/mol. The van der Waals surface area contributed by atoms with Gasteiger partial charge in [0.05, 0.1) is 20.6 Å². The predicted molar refractivity (Wildman–Crippen MR) is 109 cm³/mol. The second kappa shape index (κ2) is 6.74. The lowest BCUT2D eigenvalue weighted by Crippen LogP contribution is -2.48. The number of carboxylic acids is 1. The Hall–Kier alpha value is -2.23. The van der Waals surface area contributed by atoms with Gasteiger partial charge in [-0.25, -0.2) is 9.18 Å². The van der Waals surface area contributed by atoms with Gasteiger partial charge >= 0.3 is 5.97 Å². The number of hydrogen-bond donors (Lipinski definition) is 2. The highest BCUT2D eigenvalue weighted by molar-refractivity contribution is 14.1. The molecule has 27 heavy (non-hydrogen) atoms. The first-order valence-corrected chi connectivity index (χ1v) is 10.1. The number of carboxylic acid groups (broad SMARTS) is 1. The van der Waals surface area contributed by atoms with Crippen LogP contribution in [0.3, 0.4) is 0 Å². The van der Waals surface area contributed by atoms with Crippen LogP contribution in [0, 0.1) is 17.1 Å². The smallest absolute Gasteiger partial charge is 0.342 e. The van der Waals surface area contributed by atoms with Crippen LogP contribution in [-0.2, 0) is 0 Å². The van der Waals surface area contributed by atoms with Crippen molar-refractivity contribution < 1.29 is 14.3 Å². The van der Waals surface area contributed by atoms with Crippen LogP contribution in [0.1, 0.15) is 16.1 Å². The largest absolute Gasteiger partial charge is 0.477 e. The molecule has 2 aromatic heterocycles. The number of nitrogens with one attached hydrogen (secondary N) is 1. The number of alkyl halides is 1. The third-order valence-electron chi connectivity index (χ3n) is 4.54. The maximum atomic E-state index is 14.9. The van der Waals surface area contributed by atoms with Crippen molar-refractivity contribution in [2.24, 2.45) is 0 Å². The summed E-state index contributed by atoms with van der Waals surface area (Å²) in [4.78, 5) is 26.4. The highest BCUT2D eigenvalue weighted by atomic mass is 127. The van der Waals surface area contributed by atoms with Crippen molar-refractivity contribution in [1.82, 2.24) is 9.72 Å². The Morgan fingerprint density at radius 3 is 2.93 bits per heavy atom. The highest BCUT2D eigenvalue weighted by Gasteiger charge is 2.26. The van der Waals surface area contributed by atoms with Crippen molar-refractivity contribution in [3.63, 3.8) is 0 Å². The first-order valence-electron chi connectivity index (χ1n) is 7.98. The third kappa shape index (κ3) is 2.77. The fraction of sp³-hybridized carbons (Fsp3) is 0.235. The van der Waals surface area contributed by atoms with Crippen LogP contribution in [0.15, 0.2) is 22.3 Å². The molecule has 0 amide bonds. The molecule has 3 heterocycles. The number of nitrogens with zero attached hydrogens (tertiary/aromatic N) is 3. The molecule has 0 saturated carbocycles. The van der Waals surface area contributed by atoms with E-state index in [4.69, 9.17) is 0 Å². The van der Waals surface area contributed by atoms with E-state index in [2.05, 4.69) is 27.9 Å². The number of aromatic carboxylic acids is 1. The Morgan fingerprint density at radius 2 is 2.26 bits per heavy atom. The van der Waals surface area contributed by atoms with Crippen molar-refractivity contribution in [1.29, 1.82) is 5.26 Å². The zero-order valence-corrected chi connectivity index (χ0v) is 16.7. The average molecular weight is 498 g/mol. The van der Waals surface area contributed by atoms with Gasteiger partial charge in [-0.1, -0.05) is 22.6 Å². The molecule has 0 bridgehead atoms. The lowest BCUT2D eigenvalue weighted by molar-refractivity contribution is 0.0697. The van der Waals surface area contributed by atoms with Crippen LogP contribution in [0.2, 0.25) is 0 Å². The Morgan fingerprint density at radius 1 is 1.48 bits per heavy atom. The normalized spacial score (nSPS) is 17.4. The summed E-state index contributed by atoms with van der Waals surface area (Å²) in [6, 6.07) is 4.63. The van der Waals surface area contributed by atoms with Crippen molar-refractivity contribution in [2.75, 3.05) is 24.5 Å². The maximum Gasteiger partial charge on any atom is 0.342 e. The maximum absolute atomic E-state index is 14.9. The zero-order chi connectivity index (χ0) is 19.3. The van der Waals surface area contributed by atoms with E-state index in [0.29, 0.717) is 30.8 Å². The summed E-state index contributed by atoms with van der Waals surface area (Å²) in [5, 5.41) is 23.6. The molecular formula is C17H12FIN4O3S. The molecule has 1 unspecified atom stereocenters. The van der Waals surface area contributed by atoms with Gasteiger partial charge in [-0.3, -0.25) is 9.20 Å². The van der Waals surface area contributed by atoms with Crippen LogP contribution >= 0.6 is 33.9 Å². The van der Waals surface area contributed by atoms with Gasteiger partial charge in [0, 0.05) is 25.0 Å². The fourth-order valence-electron chi connectivity index (χ4n) is 3.31. The highest BCUT2D eigenvalue weighted by Crippen LogP contribution is 2.31.